The molecule has 0 bridgehead atoms. The number of hydrogen-bond acceptors (Lipinski definition) is 6. The zero-order valence-electron chi connectivity index (χ0n) is 18.6. The minimum atomic E-state index is 0.0477. The van der Waals surface area contributed by atoms with Gasteiger partial charge < -0.3 is 15.5 Å². The average Bonchev–Trinajstić information content (AvgIpc) is 3.14. The Morgan fingerprint density at radius 3 is 2.72 bits per heavy atom. The second-order valence-corrected chi connectivity index (χ2v) is 9.99. The first-order chi connectivity index (χ1) is 15.3. The molecule has 0 atom stereocenters. The van der Waals surface area contributed by atoms with Crippen LogP contribution in [0.15, 0.2) is 30.3 Å². The number of nitrogens with one attached hydrogen (secondary N) is 2. The van der Waals surface area contributed by atoms with Crippen LogP contribution in [0.2, 0.25) is 10.0 Å². The van der Waals surface area contributed by atoms with Gasteiger partial charge in [-0.05, 0) is 63.7 Å². The number of rotatable bonds is 11. The minimum Gasteiger partial charge on any atom is -0.368 e. The molecule has 0 saturated heterocycles. The zero-order chi connectivity index (χ0) is 23.1. The predicted octanol–water partition coefficient (Wildman–Crippen LogP) is 5.39. The highest BCUT2D eigenvalue weighted by Gasteiger charge is 2.10. The standard InChI is InChI=1S/C23H29Cl2N5OS/c1-15(2)27-20-8-7-19-23(29-20)32-22(28-19)10-9-21(31)26-11-4-12-30(3)14-16-5-6-17(24)18(25)13-16/h5-8,13,15H,4,9-12,14H2,1-3H3,(H,26,31)(H,27,29). The normalized spacial score (nSPS) is 11.5. The molecule has 2 N–H and O–H groups in total. The summed E-state index contributed by atoms with van der Waals surface area (Å²) in [5.74, 6) is 0.899. The topological polar surface area (TPSA) is 70.2 Å². The third kappa shape index (κ3) is 7.59. The monoisotopic (exact) mass is 493 g/mol. The number of nitrogens with zero attached hydrogens (tertiary/aromatic N) is 3. The van der Waals surface area contributed by atoms with Crippen LogP contribution < -0.4 is 10.6 Å². The summed E-state index contributed by atoms with van der Waals surface area (Å²) in [7, 11) is 2.05. The van der Waals surface area contributed by atoms with E-state index in [0.717, 1.165) is 46.2 Å². The second-order valence-electron chi connectivity index (χ2n) is 8.12. The number of benzene rings is 1. The highest BCUT2D eigenvalue weighted by Crippen LogP contribution is 2.24. The van der Waals surface area contributed by atoms with Crippen molar-refractivity contribution in [1.29, 1.82) is 0 Å². The van der Waals surface area contributed by atoms with Gasteiger partial charge in [-0.3, -0.25) is 4.79 Å². The van der Waals surface area contributed by atoms with Gasteiger partial charge in [0.2, 0.25) is 5.91 Å². The lowest BCUT2D eigenvalue weighted by atomic mass is 10.2. The first kappa shape index (κ1) is 24.7. The molecule has 0 aliphatic heterocycles. The molecule has 2 heterocycles. The third-order valence-corrected chi connectivity index (χ3v) is 6.54. The maximum atomic E-state index is 12.2. The lowest BCUT2D eigenvalue weighted by Gasteiger charge is -2.17. The molecule has 1 aromatic carbocycles. The number of fused-ring (bicyclic) bond motifs is 1. The Balaban J connectivity index is 1.36. The fourth-order valence-corrected chi connectivity index (χ4v) is 4.51. The van der Waals surface area contributed by atoms with Gasteiger partial charge in [-0.1, -0.05) is 40.6 Å². The Bertz CT molecular complexity index is 1060. The SMILES string of the molecule is CC(C)Nc1ccc2nc(CCC(=O)NCCCN(C)Cc3ccc(Cl)c(Cl)c3)sc2n1. The minimum absolute atomic E-state index is 0.0477. The van der Waals surface area contributed by atoms with Crippen molar-refractivity contribution in [2.45, 2.75) is 45.7 Å². The molecule has 3 aromatic rings. The van der Waals surface area contributed by atoms with E-state index in [1.807, 2.05) is 37.4 Å². The van der Waals surface area contributed by atoms with Gasteiger partial charge in [-0.25, -0.2) is 9.97 Å². The van der Waals surface area contributed by atoms with E-state index in [1.165, 1.54) is 0 Å². The third-order valence-electron chi connectivity index (χ3n) is 4.78. The molecule has 9 heteroatoms. The summed E-state index contributed by atoms with van der Waals surface area (Å²) in [6.07, 6.45) is 1.92. The first-order valence-corrected chi connectivity index (χ1v) is 12.3. The number of carbonyl (C=O) groups is 1. The predicted molar refractivity (Wildman–Crippen MR) is 135 cm³/mol. The number of thiazole rings is 1. The fourth-order valence-electron chi connectivity index (χ4n) is 3.26. The molecule has 6 nitrogen and oxygen atoms in total. The van der Waals surface area contributed by atoms with Crippen LogP contribution in [-0.4, -0.2) is 47.0 Å². The molecular weight excluding hydrogens is 465 g/mol. The van der Waals surface area contributed by atoms with Crippen LogP contribution in [0, 0.1) is 0 Å². The Morgan fingerprint density at radius 1 is 1.16 bits per heavy atom. The smallest absolute Gasteiger partial charge is 0.220 e. The van der Waals surface area contributed by atoms with Gasteiger partial charge in [-0.15, -0.1) is 0 Å². The van der Waals surface area contributed by atoms with Gasteiger partial charge in [0.05, 0.1) is 15.1 Å². The average molecular weight is 494 g/mol. The Labute approximate surface area is 203 Å². The van der Waals surface area contributed by atoms with Crippen LogP contribution in [0.5, 0.6) is 0 Å². The largest absolute Gasteiger partial charge is 0.368 e. The van der Waals surface area contributed by atoms with Gasteiger partial charge in [-0.2, -0.15) is 0 Å². The Hall–Kier alpha value is -1.93. The quantitative estimate of drug-likeness (QED) is 0.350. The number of carbonyl (C=O) groups excluding carboxylic acids is 1. The van der Waals surface area contributed by atoms with Gasteiger partial charge in [0, 0.05) is 32.0 Å². The highest BCUT2D eigenvalue weighted by molar-refractivity contribution is 7.18. The van der Waals surface area contributed by atoms with E-state index in [1.54, 1.807) is 11.3 Å². The van der Waals surface area contributed by atoms with E-state index in [2.05, 4.69) is 39.3 Å². The van der Waals surface area contributed by atoms with Crippen molar-refractivity contribution in [3.8, 4) is 0 Å². The number of hydrogen-bond donors (Lipinski definition) is 2. The van der Waals surface area contributed by atoms with Crippen LogP contribution in [-0.2, 0) is 17.8 Å². The van der Waals surface area contributed by atoms with E-state index >= 15 is 0 Å². The van der Waals surface area contributed by atoms with Crippen LogP contribution in [0.25, 0.3) is 10.3 Å². The Morgan fingerprint density at radius 2 is 1.97 bits per heavy atom. The highest BCUT2D eigenvalue weighted by atomic mass is 35.5. The van der Waals surface area contributed by atoms with Crippen molar-refractivity contribution in [1.82, 2.24) is 20.2 Å². The van der Waals surface area contributed by atoms with Crippen molar-refractivity contribution in [2.75, 3.05) is 25.5 Å². The molecule has 0 aliphatic rings. The molecule has 1 amide bonds. The molecule has 0 fully saturated rings. The van der Waals surface area contributed by atoms with Gasteiger partial charge >= 0.3 is 0 Å². The second kappa shape index (κ2) is 11.8. The molecule has 3 rings (SSSR count). The van der Waals surface area contributed by atoms with Gasteiger partial charge in [0.1, 0.15) is 16.2 Å². The van der Waals surface area contributed by atoms with E-state index in [0.29, 0.717) is 35.5 Å². The molecular formula is C23H29Cl2N5OS. The molecule has 0 unspecified atom stereocenters. The number of pyridine rings is 1. The fraction of sp³-hybridized carbons (Fsp3) is 0.435. The van der Waals surface area contributed by atoms with E-state index < -0.39 is 0 Å². The van der Waals surface area contributed by atoms with Crippen molar-refractivity contribution in [3.63, 3.8) is 0 Å². The maximum Gasteiger partial charge on any atom is 0.220 e. The van der Waals surface area contributed by atoms with Gasteiger partial charge in [0.15, 0.2) is 0 Å². The lowest BCUT2D eigenvalue weighted by Crippen LogP contribution is -2.28. The van der Waals surface area contributed by atoms with Gasteiger partial charge in [0.25, 0.3) is 0 Å². The molecule has 0 aliphatic carbocycles. The summed E-state index contributed by atoms with van der Waals surface area (Å²) >= 11 is 13.6. The van der Waals surface area contributed by atoms with Crippen LogP contribution >= 0.6 is 34.5 Å². The number of aromatic nitrogens is 2. The van der Waals surface area contributed by atoms with E-state index in [-0.39, 0.29) is 5.91 Å². The number of anilines is 1. The van der Waals surface area contributed by atoms with Crippen molar-refractivity contribution in [3.05, 3.63) is 50.9 Å². The summed E-state index contributed by atoms with van der Waals surface area (Å²) in [5, 5.41) is 8.37. The first-order valence-electron chi connectivity index (χ1n) is 10.7. The number of amides is 1. The van der Waals surface area contributed by atoms with Crippen LogP contribution in [0.4, 0.5) is 5.82 Å². The molecule has 0 saturated carbocycles. The van der Waals surface area contributed by atoms with Crippen LogP contribution in [0.1, 0.15) is 37.3 Å². The van der Waals surface area contributed by atoms with E-state index in [4.69, 9.17) is 23.2 Å². The van der Waals surface area contributed by atoms with Crippen molar-refractivity contribution < 1.29 is 4.79 Å². The molecule has 0 radical (unpaired) electrons. The molecule has 32 heavy (non-hydrogen) atoms. The van der Waals surface area contributed by atoms with Crippen molar-refractivity contribution in [2.24, 2.45) is 0 Å². The molecule has 2 aromatic heterocycles. The summed E-state index contributed by atoms with van der Waals surface area (Å²) < 4.78 is 0. The summed E-state index contributed by atoms with van der Waals surface area (Å²) in [6, 6.07) is 9.92. The van der Waals surface area contributed by atoms with E-state index in [9.17, 15) is 4.79 Å². The summed E-state index contributed by atoms with van der Waals surface area (Å²) in [5.41, 5.74) is 1.99. The maximum absolute atomic E-state index is 12.2. The summed E-state index contributed by atoms with van der Waals surface area (Å²) in [6.45, 7) is 6.46. The number of halogens is 2. The number of aryl methyl sites for hydroxylation is 1. The van der Waals surface area contributed by atoms with Crippen molar-refractivity contribution >= 4 is 56.6 Å². The Kier molecular flexibility index (Phi) is 9.11. The summed E-state index contributed by atoms with van der Waals surface area (Å²) in [4.78, 5) is 24.5. The van der Waals surface area contributed by atoms with Crippen LogP contribution in [0.3, 0.4) is 0 Å². The molecule has 0 spiro atoms. The molecule has 172 valence electrons. The zero-order valence-corrected chi connectivity index (χ0v) is 20.9. The lowest BCUT2D eigenvalue weighted by molar-refractivity contribution is -0.121.